The van der Waals surface area contributed by atoms with Crippen molar-refractivity contribution in [2.75, 3.05) is 19.6 Å². The van der Waals surface area contributed by atoms with Gasteiger partial charge >= 0.3 is 0 Å². The van der Waals surface area contributed by atoms with Gasteiger partial charge in [0.2, 0.25) is 5.91 Å². The van der Waals surface area contributed by atoms with Crippen LogP contribution in [0.3, 0.4) is 0 Å². The highest BCUT2D eigenvalue weighted by atomic mass is 16.2. The Morgan fingerprint density at radius 3 is 2.46 bits per heavy atom. The second-order valence-corrected chi connectivity index (χ2v) is 7.33. The monoisotopic (exact) mass is 354 g/mol. The van der Waals surface area contributed by atoms with Crippen molar-refractivity contribution in [1.29, 1.82) is 0 Å². The summed E-state index contributed by atoms with van der Waals surface area (Å²) < 4.78 is 1.75. The number of aryl methyl sites for hydroxylation is 1. The summed E-state index contributed by atoms with van der Waals surface area (Å²) in [6.45, 7) is 7.92. The Labute approximate surface area is 154 Å². The van der Waals surface area contributed by atoms with Gasteiger partial charge in [0.15, 0.2) is 0 Å². The molecule has 138 valence electrons. The summed E-state index contributed by atoms with van der Waals surface area (Å²) in [6, 6.07) is 7.07. The average Bonchev–Trinajstić information content (AvgIpc) is 3.05. The van der Waals surface area contributed by atoms with E-state index in [0.717, 1.165) is 17.7 Å². The van der Waals surface area contributed by atoms with E-state index in [0.29, 0.717) is 24.6 Å². The fourth-order valence-electron chi connectivity index (χ4n) is 3.37. The van der Waals surface area contributed by atoms with Gasteiger partial charge in [-0.15, -0.1) is 0 Å². The number of aromatic nitrogens is 2. The molecule has 26 heavy (non-hydrogen) atoms. The smallest absolute Gasteiger partial charge is 0.254 e. The Kier molecular flexibility index (Phi) is 5.11. The van der Waals surface area contributed by atoms with Crippen molar-refractivity contribution in [2.45, 2.75) is 26.8 Å². The van der Waals surface area contributed by atoms with Crippen LogP contribution >= 0.6 is 0 Å². The van der Waals surface area contributed by atoms with E-state index in [1.165, 1.54) is 0 Å². The van der Waals surface area contributed by atoms with Gasteiger partial charge < -0.3 is 9.80 Å². The number of piperazine rings is 1. The summed E-state index contributed by atoms with van der Waals surface area (Å²) in [5, 5.41) is 4.17. The van der Waals surface area contributed by atoms with Gasteiger partial charge in [-0.1, -0.05) is 26.0 Å². The molecule has 1 unspecified atom stereocenters. The first-order valence-electron chi connectivity index (χ1n) is 9.05. The maximum absolute atomic E-state index is 12.9. The van der Waals surface area contributed by atoms with Gasteiger partial charge in [-0.3, -0.25) is 14.3 Å². The fourth-order valence-corrected chi connectivity index (χ4v) is 3.37. The Morgan fingerprint density at radius 1 is 1.19 bits per heavy atom. The molecule has 2 amide bonds. The number of amides is 2. The van der Waals surface area contributed by atoms with Crippen molar-refractivity contribution in [3.63, 3.8) is 0 Å². The molecule has 0 aliphatic carbocycles. The standard InChI is InChI=1S/C20H26N4O2/c1-14(2)12-23-9-10-24(15(3)19(23)25)20(26)17-7-5-16(6-8-17)18-11-21-22(4)13-18/h5-8,11,13-15H,9-10,12H2,1-4H3. The summed E-state index contributed by atoms with van der Waals surface area (Å²) in [5.41, 5.74) is 2.63. The van der Waals surface area contributed by atoms with Gasteiger partial charge in [0, 0.05) is 44.0 Å². The first kappa shape index (κ1) is 18.2. The van der Waals surface area contributed by atoms with Gasteiger partial charge in [0.25, 0.3) is 5.91 Å². The van der Waals surface area contributed by atoms with Crippen molar-refractivity contribution in [1.82, 2.24) is 19.6 Å². The van der Waals surface area contributed by atoms with E-state index < -0.39 is 6.04 Å². The number of carbonyl (C=O) groups is 2. The van der Waals surface area contributed by atoms with E-state index in [9.17, 15) is 9.59 Å². The van der Waals surface area contributed by atoms with Crippen LogP contribution in [0.15, 0.2) is 36.7 Å². The maximum atomic E-state index is 12.9. The normalized spacial score (nSPS) is 17.9. The molecular weight excluding hydrogens is 328 g/mol. The van der Waals surface area contributed by atoms with Gasteiger partial charge in [0.1, 0.15) is 6.04 Å². The zero-order valence-electron chi connectivity index (χ0n) is 15.8. The summed E-state index contributed by atoms with van der Waals surface area (Å²) in [7, 11) is 1.87. The number of hydrogen-bond donors (Lipinski definition) is 0. The molecule has 6 heteroatoms. The molecule has 1 aliphatic rings. The van der Waals surface area contributed by atoms with Crippen LogP contribution < -0.4 is 0 Å². The maximum Gasteiger partial charge on any atom is 0.254 e. The van der Waals surface area contributed by atoms with Crippen LogP contribution in [0.2, 0.25) is 0 Å². The first-order valence-corrected chi connectivity index (χ1v) is 9.05. The molecule has 1 aromatic heterocycles. The van der Waals surface area contributed by atoms with E-state index in [4.69, 9.17) is 0 Å². The zero-order valence-corrected chi connectivity index (χ0v) is 15.8. The van der Waals surface area contributed by atoms with E-state index >= 15 is 0 Å². The lowest BCUT2D eigenvalue weighted by Crippen LogP contribution is -2.58. The van der Waals surface area contributed by atoms with Gasteiger partial charge in [-0.05, 0) is 30.5 Å². The predicted molar refractivity (Wildman–Crippen MR) is 101 cm³/mol. The van der Waals surface area contributed by atoms with Crippen molar-refractivity contribution in [3.8, 4) is 11.1 Å². The van der Waals surface area contributed by atoms with Gasteiger partial charge in [-0.2, -0.15) is 5.10 Å². The van der Waals surface area contributed by atoms with Gasteiger partial charge in [-0.25, -0.2) is 0 Å². The van der Waals surface area contributed by atoms with Crippen molar-refractivity contribution in [2.24, 2.45) is 13.0 Å². The highest BCUT2D eigenvalue weighted by molar-refractivity contribution is 5.98. The van der Waals surface area contributed by atoms with E-state index in [1.807, 2.05) is 49.3 Å². The highest BCUT2D eigenvalue weighted by Crippen LogP contribution is 2.21. The number of nitrogens with zero attached hydrogens (tertiary/aromatic N) is 4. The van der Waals surface area contributed by atoms with E-state index in [2.05, 4.69) is 18.9 Å². The molecule has 1 fully saturated rings. The van der Waals surface area contributed by atoms with Crippen molar-refractivity contribution in [3.05, 3.63) is 42.2 Å². The fraction of sp³-hybridized carbons (Fsp3) is 0.450. The highest BCUT2D eigenvalue weighted by Gasteiger charge is 2.34. The first-order chi connectivity index (χ1) is 12.4. The molecule has 1 aliphatic heterocycles. The summed E-state index contributed by atoms with van der Waals surface area (Å²) in [4.78, 5) is 29.0. The molecular formula is C20H26N4O2. The Balaban J connectivity index is 1.72. The molecule has 1 aromatic carbocycles. The van der Waals surface area contributed by atoms with Crippen molar-refractivity contribution >= 4 is 11.8 Å². The Morgan fingerprint density at radius 2 is 1.88 bits per heavy atom. The number of carbonyl (C=O) groups excluding carboxylic acids is 2. The van der Waals surface area contributed by atoms with E-state index in [1.54, 1.807) is 15.8 Å². The molecule has 2 heterocycles. The topological polar surface area (TPSA) is 58.4 Å². The molecule has 0 radical (unpaired) electrons. The Hall–Kier alpha value is -2.63. The van der Waals surface area contributed by atoms with Crippen LogP contribution in [0.1, 0.15) is 31.1 Å². The van der Waals surface area contributed by atoms with Crippen molar-refractivity contribution < 1.29 is 9.59 Å². The van der Waals surface area contributed by atoms with Crippen LogP contribution in [0.4, 0.5) is 0 Å². The van der Waals surface area contributed by atoms with Crippen LogP contribution in [0.5, 0.6) is 0 Å². The van der Waals surface area contributed by atoms with Crippen LogP contribution in [0.25, 0.3) is 11.1 Å². The minimum atomic E-state index is -0.423. The molecule has 2 aromatic rings. The second-order valence-electron chi connectivity index (χ2n) is 7.33. The summed E-state index contributed by atoms with van der Waals surface area (Å²) >= 11 is 0. The third kappa shape index (κ3) is 3.64. The van der Waals surface area contributed by atoms with Gasteiger partial charge in [0.05, 0.1) is 6.20 Å². The third-order valence-corrected chi connectivity index (χ3v) is 4.76. The van der Waals surface area contributed by atoms with Crippen LogP contribution in [-0.4, -0.2) is 57.1 Å². The molecule has 0 bridgehead atoms. The largest absolute Gasteiger partial charge is 0.339 e. The molecule has 0 spiro atoms. The molecule has 3 rings (SSSR count). The van der Waals surface area contributed by atoms with E-state index in [-0.39, 0.29) is 11.8 Å². The van der Waals surface area contributed by atoms with Crippen LogP contribution in [-0.2, 0) is 11.8 Å². The second kappa shape index (κ2) is 7.32. The lowest BCUT2D eigenvalue weighted by Gasteiger charge is -2.39. The number of hydrogen-bond acceptors (Lipinski definition) is 3. The lowest BCUT2D eigenvalue weighted by atomic mass is 10.0. The Bertz CT molecular complexity index is 794. The molecule has 0 N–H and O–H groups in total. The predicted octanol–water partition coefficient (Wildman–Crippen LogP) is 2.42. The summed E-state index contributed by atoms with van der Waals surface area (Å²) in [5.74, 6) is 0.367. The lowest BCUT2D eigenvalue weighted by molar-refractivity contribution is -0.140. The number of rotatable bonds is 4. The minimum absolute atomic E-state index is 0.0327. The third-order valence-electron chi connectivity index (χ3n) is 4.76. The van der Waals surface area contributed by atoms with Crippen LogP contribution in [0, 0.1) is 5.92 Å². The SMILES string of the molecule is CC(C)CN1CCN(C(=O)c2ccc(-c3cnn(C)c3)cc2)C(C)C1=O. The summed E-state index contributed by atoms with van der Waals surface area (Å²) in [6.07, 6.45) is 3.73. The average molecular weight is 354 g/mol. The zero-order chi connectivity index (χ0) is 18.8. The number of benzene rings is 1. The molecule has 0 saturated carbocycles. The molecule has 1 atom stereocenters. The molecule has 1 saturated heterocycles. The molecule has 6 nitrogen and oxygen atoms in total. The minimum Gasteiger partial charge on any atom is -0.339 e. The quantitative estimate of drug-likeness (QED) is 0.847.